The van der Waals surface area contributed by atoms with Crippen molar-refractivity contribution < 1.29 is 4.79 Å². The molecule has 1 atom stereocenters. The molecule has 4 N–H and O–H groups in total. The molecule has 5 heteroatoms. The predicted octanol–water partition coefficient (Wildman–Crippen LogP) is 1.72. The molecule has 18 heavy (non-hydrogen) atoms. The van der Waals surface area contributed by atoms with Gasteiger partial charge in [0.1, 0.15) is 0 Å². The van der Waals surface area contributed by atoms with Gasteiger partial charge >= 0.3 is 0 Å². The highest BCUT2D eigenvalue weighted by molar-refractivity contribution is 9.10. The zero-order chi connectivity index (χ0) is 13.3. The average molecular weight is 312 g/mol. The molecule has 0 radical (unpaired) electrons. The Labute approximate surface area is 115 Å². The van der Waals surface area contributed by atoms with E-state index < -0.39 is 5.91 Å². The van der Waals surface area contributed by atoms with Gasteiger partial charge < -0.3 is 16.4 Å². The third-order valence-corrected chi connectivity index (χ3v) is 4.00. The highest BCUT2D eigenvalue weighted by Gasteiger charge is 2.34. The summed E-state index contributed by atoms with van der Waals surface area (Å²) in [5.41, 5.74) is 12.7. The van der Waals surface area contributed by atoms with E-state index in [1.54, 1.807) is 6.07 Å². The molecule has 1 aliphatic rings. The van der Waals surface area contributed by atoms with Crippen LogP contribution in [-0.4, -0.2) is 25.5 Å². The molecular formula is C13H18BrN3O. The zero-order valence-corrected chi connectivity index (χ0v) is 12.0. The number of likely N-dealkylation sites (N-methyl/N-ethyl adjacent to an activating group) is 1. The number of hydrogen-bond donors (Lipinski definition) is 2. The van der Waals surface area contributed by atoms with Gasteiger partial charge in [-0.15, -0.1) is 0 Å². The Kier molecular flexibility index (Phi) is 3.92. The summed E-state index contributed by atoms with van der Waals surface area (Å²) in [5, 5.41) is 0. The number of amides is 1. The molecule has 1 unspecified atom stereocenters. The van der Waals surface area contributed by atoms with Crippen LogP contribution in [-0.2, 0) is 0 Å². The van der Waals surface area contributed by atoms with Crippen molar-refractivity contribution in [2.24, 2.45) is 17.4 Å². The van der Waals surface area contributed by atoms with Gasteiger partial charge in [-0.3, -0.25) is 4.79 Å². The van der Waals surface area contributed by atoms with E-state index in [1.807, 2.05) is 19.2 Å². The van der Waals surface area contributed by atoms with Crippen molar-refractivity contribution in [3.8, 4) is 0 Å². The molecule has 0 aliphatic heterocycles. The van der Waals surface area contributed by atoms with Crippen molar-refractivity contribution in [3.63, 3.8) is 0 Å². The molecular weight excluding hydrogens is 294 g/mol. The Morgan fingerprint density at radius 1 is 1.56 bits per heavy atom. The molecule has 1 aromatic carbocycles. The summed E-state index contributed by atoms with van der Waals surface area (Å²) in [4.78, 5) is 13.6. The second-order valence-electron chi connectivity index (χ2n) is 4.78. The smallest absolute Gasteiger partial charge is 0.250 e. The number of rotatable bonds is 5. The second-order valence-corrected chi connectivity index (χ2v) is 5.69. The highest BCUT2D eigenvalue weighted by Crippen LogP contribution is 2.37. The van der Waals surface area contributed by atoms with Crippen LogP contribution in [0.2, 0.25) is 0 Å². The van der Waals surface area contributed by atoms with Gasteiger partial charge in [-0.1, -0.05) is 15.9 Å². The van der Waals surface area contributed by atoms with E-state index in [0.29, 0.717) is 18.0 Å². The molecule has 1 saturated carbocycles. The minimum absolute atomic E-state index is 0.275. The third-order valence-electron chi connectivity index (χ3n) is 3.51. The normalized spacial score (nSPS) is 16.4. The van der Waals surface area contributed by atoms with Gasteiger partial charge in [0, 0.05) is 24.1 Å². The number of nitrogens with two attached hydrogens (primary N) is 2. The topological polar surface area (TPSA) is 72.3 Å². The first kappa shape index (κ1) is 13.4. The largest absolute Gasteiger partial charge is 0.369 e. The molecule has 0 bridgehead atoms. The number of carbonyl (C=O) groups excluding carboxylic acids is 1. The Bertz CT molecular complexity index is 460. The zero-order valence-electron chi connectivity index (χ0n) is 10.4. The standard InChI is InChI=1S/C13H18BrN3O/c1-17(12(7-15)8-2-3-8)11-6-9(14)4-5-10(11)13(16)18/h4-6,8,12H,2-3,7,15H2,1H3,(H2,16,18). The fourth-order valence-corrected chi connectivity index (χ4v) is 2.68. The van der Waals surface area contributed by atoms with Gasteiger partial charge in [-0.2, -0.15) is 0 Å². The number of nitrogens with zero attached hydrogens (tertiary/aromatic N) is 1. The Morgan fingerprint density at radius 3 is 2.72 bits per heavy atom. The maximum atomic E-state index is 11.5. The first-order valence-electron chi connectivity index (χ1n) is 6.07. The summed E-state index contributed by atoms with van der Waals surface area (Å²) in [6, 6.07) is 5.77. The van der Waals surface area contributed by atoms with Crippen molar-refractivity contribution in [2.45, 2.75) is 18.9 Å². The van der Waals surface area contributed by atoms with E-state index in [1.165, 1.54) is 12.8 Å². The molecule has 98 valence electrons. The van der Waals surface area contributed by atoms with Crippen LogP contribution in [0.15, 0.2) is 22.7 Å². The van der Waals surface area contributed by atoms with Gasteiger partial charge in [0.05, 0.1) is 11.3 Å². The molecule has 2 rings (SSSR count). The van der Waals surface area contributed by atoms with Crippen molar-refractivity contribution in [1.29, 1.82) is 0 Å². The second kappa shape index (κ2) is 5.28. The summed E-state index contributed by atoms with van der Waals surface area (Å²) in [5.74, 6) is 0.232. The highest BCUT2D eigenvalue weighted by atomic mass is 79.9. The molecule has 0 saturated heterocycles. The van der Waals surface area contributed by atoms with Crippen LogP contribution in [0.1, 0.15) is 23.2 Å². The number of carbonyl (C=O) groups is 1. The Morgan fingerprint density at radius 2 is 2.22 bits per heavy atom. The van der Waals surface area contributed by atoms with Crippen LogP contribution in [0.3, 0.4) is 0 Å². The summed E-state index contributed by atoms with van der Waals surface area (Å²) < 4.78 is 0.931. The first-order chi connectivity index (χ1) is 8.54. The van der Waals surface area contributed by atoms with E-state index in [0.717, 1.165) is 10.2 Å². The minimum Gasteiger partial charge on any atom is -0.369 e. The van der Waals surface area contributed by atoms with Crippen LogP contribution in [0.4, 0.5) is 5.69 Å². The quantitative estimate of drug-likeness (QED) is 0.869. The molecule has 1 aromatic rings. The lowest BCUT2D eigenvalue weighted by Gasteiger charge is -2.30. The first-order valence-corrected chi connectivity index (χ1v) is 6.86. The molecule has 0 spiro atoms. The molecule has 1 aliphatic carbocycles. The lowest BCUT2D eigenvalue weighted by molar-refractivity contribution is 0.100. The van der Waals surface area contributed by atoms with E-state index in [-0.39, 0.29) is 6.04 Å². The molecule has 0 aromatic heterocycles. The van der Waals surface area contributed by atoms with E-state index >= 15 is 0 Å². The minimum atomic E-state index is -0.407. The lowest BCUT2D eigenvalue weighted by atomic mass is 10.1. The van der Waals surface area contributed by atoms with Gasteiger partial charge in [0.2, 0.25) is 0 Å². The monoisotopic (exact) mass is 311 g/mol. The SMILES string of the molecule is CN(c1cc(Br)ccc1C(N)=O)C(CN)C1CC1. The van der Waals surface area contributed by atoms with Crippen molar-refractivity contribution in [1.82, 2.24) is 0 Å². The fraction of sp³-hybridized carbons (Fsp3) is 0.462. The van der Waals surface area contributed by atoms with Crippen LogP contribution < -0.4 is 16.4 Å². The van der Waals surface area contributed by atoms with Gasteiger partial charge in [0.25, 0.3) is 5.91 Å². The van der Waals surface area contributed by atoms with Crippen LogP contribution in [0, 0.1) is 5.92 Å². The van der Waals surface area contributed by atoms with Crippen molar-refractivity contribution >= 4 is 27.5 Å². The predicted molar refractivity (Wildman–Crippen MR) is 76.6 cm³/mol. The van der Waals surface area contributed by atoms with Gasteiger partial charge in [-0.05, 0) is 37.0 Å². The Hall–Kier alpha value is -1.07. The van der Waals surface area contributed by atoms with Crippen LogP contribution in [0.5, 0.6) is 0 Å². The van der Waals surface area contributed by atoms with Gasteiger partial charge in [-0.25, -0.2) is 0 Å². The number of anilines is 1. The van der Waals surface area contributed by atoms with Crippen molar-refractivity contribution in [3.05, 3.63) is 28.2 Å². The lowest BCUT2D eigenvalue weighted by Crippen LogP contribution is -2.40. The van der Waals surface area contributed by atoms with Crippen LogP contribution >= 0.6 is 15.9 Å². The molecule has 1 fully saturated rings. The third kappa shape index (κ3) is 2.67. The summed E-state index contributed by atoms with van der Waals surface area (Å²) in [6.07, 6.45) is 2.43. The maximum Gasteiger partial charge on any atom is 0.250 e. The summed E-state index contributed by atoms with van der Waals surface area (Å²) in [6.45, 7) is 0.589. The molecule has 1 amide bonds. The molecule has 0 heterocycles. The molecule has 4 nitrogen and oxygen atoms in total. The van der Waals surface area contributed by atoms with Crippen LogP contribution in [0.25, 0.3) is 0 Å². The number of hydrogen-bond acceptors (Lipinski definition) is 3. The van der Waals surface area contributed by atoms with E-state index in [4.69, 9.17) is 11.5 Å². The number of benzene rings is 1. The maximum absolute atomic E-state index is 11.5. The number of halogens is 1. The number of primary amides is 1. The van der Waals surface area contributed by atoms with E-state index in [2.05, 4.69) is 20.8 Å². The fourth-order valence-electron chi connectivity index (χ4n) is 2.33. The van der Waals surface area contributed by atoms with E-state index in [9.17, 15) is 4.79 Å². The van der Waals surface area contributed by atoms with Crippen molar-refractivity contribution in [2.75, 3.05) is 18.5 Å². The van der Waals surface area contributed by atoms with Gasteiger partial charge in [0.15, 0.2) is 0 Å². The Balaban J connectivity index is 2.35. The average Bonchev–Trinajstić information content (AvgIpc) is 3.13. The summed E-state index contributed by atoms with van der Waals surface area (Å²) in [7, 11) is 1.98. The summed E-state index contributed by atoms with van der Waals surface area (Å²) >= 11 is 3.43.